The first-order valence-electron chi connectivity index (χ1n) is 7.84. The van der Waals surface area contributed by atoms with Crippen LogP contribution in [0.5, 0.6) is 5.75 Å². The Morgan fingerprint density at radius 1 is 1.26 bits per heavy atom. The maximum atomic E-state index is 11.8. The van der Waals surface area contributed by atoms with Crippen molar-refractivity contribution in [3.63, 3.8) is 0 Å². The molecule has 0 radical (unpaired) electrons. The monoisotopic (exact) mass is 332 g/mol. The van der Waals surface area contributed by atoms with Gasteiger partial charge in [-0.1, -0.05) is 12.1 Å². The topological polar surface area (TPSA) is 58.6 Å². The van der Waals surface area contributed by atoms with Gasteiger partial charge in [-0.2, -0.15) is 0 Å². The lowest BCUT2D eigenvalue weighted by molar-refractivity contribution is -0.115. The second-order valence-corrected chi connectivity index (χ2v) is 6.92. The highest BCUT2D eigenvalue weighted by Crippen LogP contribution is 2.38. The molecule has 122 valence electrons. The van der Waals surface area contributed by atoms with E-state index in [1.165, 1.54) is 0 Å². The first-order valence-corrected chi connectivity index (χ1v) is 8.65. The van der Waals surface area contributed by atoms with Crippen LogP contribution in [0.3, 0.4) is 0 Å². The molecule has 23 heavy (non-hydrogen) atoms. The number of rotatable bonds is 4. The van der Waals surface area contributed by atoms with E-state index in [0.29, 0.717) is 4.91 Å². The van der Waals surface area contributed by atoms with E-state index in [4.69, 9.17) is 4.74 Å². The molecule has 1 aromatic carbocycles. The lowest BCUT2D eigenvalue weighted by Crippen LogP contribution is -2.21. The zero-order valence-corrected chi connectivity index (χ0v) is 14.1. The number of nitrogens with zero attached hydrogens (tertiary/aromatic N) is 1. The van der Waals surface area contributed by atoms with Crippen LogP contribution in [0.4, 0.5) is 10.5 Å². The third kappa shape index (κ3) is 3.52. The summed E-state index contributed by atoms with van der Waals surface area (Å²) in [5.41, 5.74) is 1.93. The molecule has 1 aromatic rings. The molecule has 0 spiro atoms. The largest absolute Gasteiger partial charge is 0.489 e. The molecule has 0 bridgehead atoms. The van der Waals surface area contributed by atoms with Crippen LogP contribution >= 0.6 is 11.8 Å². The second-order valence-electron chi connectivity index (χ2n) is 5.91. The van der Waals surface area contributed by atoms with Crippen molar-refractivity contribution in [3.8, 4) is 5.75 Å². The molecule has 0 aromatic heterocycles. The quantitative estimate of drug-likeness (QED) is 0.857. The van der Waals surface area contributed by atoms with Gasteiger partial charge in [-0.25, -0.2) is 0 Å². The zero-order chi connectivity index (χ0) is 16.4. The number of hydrogen-bond donors (Lipinski definition) is 1. The zero-order valence-electron chi connectivity index (χ0n) is 13.3. The highest BCUT2D eigenvalue weighted by Gasteiger charge is 2.27. The molecule has 5 nitrogen and oxygen atoms in total. The Bertz CT molecular complexity index is 664. The van der Waals surface area contributed by atoms with Crippen LogP contribution in [0.2, 0.25) is 0 Å². The number of hydrogen-bond acceptors (Lipinski definition) is 5. The van der Waals surface area contributed by atoms with E-state index in [-0.39, 0.29) is 17.3 Å². The Morgan fingerprint density at radius 2 is 2.00 bits per heavy atom. The number of amides is 2. The number of carbonyl (C=O) groups excluding carboxylic acids is 2. The Morgan fingerprint density at radius 3 is 2.61 bits per heavy atom. The summed E-state index contributed by atoms with van der Waals surface area (Å²) >= 11 is 0.942. The summed E-state index contributed by atoms with van der Waals surface area (Å²) in [7, 11) is 0. The predicted molar refractivity (Wildman–Crippen MR) is 92.8 cm³/mol. The van der Waals surface area contributed by atoms with Crippen molar-refractivity contribution in [1.29, 1.82) is 0 Å². The third-order valence-electron chi connectivity index (χ3n) is 3.74. The average Bonchev–Trinajstić information content (AvgIpc) is 3.09. The standard InChI is InChI=1S/C17H20N2O3S/c1-11(2)22-13-7-5-6-12(15(13)19-8-3-4-9-19)10-14-16(20)18-17(21)23-14/h5-7,10-11H,3-4,8-9H2,1-2H3,(H,18,20,21)/b14-10-. The molecule has 2 fully saturated rings. The lowest BCUT2D eigenvalue weighted by atomic mass is 10.1. The van der Waals surface area contributed by atoms with E-state index >= 15 is 0 Å². The van der Waals surface area contributed by atoms with Crippen molar-refractivity contribution in [2.45, 2.75) is 32.8 Å². The summed E-state index contributed by atoms with van der Waals surface area (Å²) in [4.78, 5) is 25.9. The molecule has 2 aliphatic heterocycles. The minimum Gasteiger partial charge on any atom is -0.489 e. The van der Waals surface area contributed by atoms with Crippen molar-refractivity contribution in [3.05, 3.63) is 28.7 Å². The van der Waals surface area contributed by atoms with E-state index in [0.717, 1.165) is 54.7 Å². The summed E-state index contributed by atoms with van der Waals surface area (Å²) in [6.07, 6.45) is 4.16. The molecule has 0 unspecified atom stereocenters. The Hall–Kier alpha value is -1.95. The van der Waals surface area contributed by atoms with Crippen molar-refractivity contribution in [2.24, 2.45) is 0 Å². The van der Waals surface area contributed by atoms with Gasteiger partial charge in [0.2, 0.25) is 0 Å². The van der Waals surface area contributed by atoms with Gasteiger partial charge in [-0.05, 0) is 50.6 Å². The molecule has 0 atom stereocenters. The van der Waals surface area contributed by atoms with Gasteiger partial charge in [0, 0.05) is 18.7 Å². The summed E-state index contributed by atoms with van der Waals surface area (Å²) < 4.78 is 5.97. The Kier molecular flexibility index (Phi) is 4.61. The summed E-state index contributed by atoms with van der Waals surface area (Å²) in [6.45, 7) is 5.95. The molecule has 6 heteroatoms. The number of anilines is 1. The molecule has 2 amide bonds. The van der Waals surface area contributed by atoms with Crippen LogP contribution in [0.25, 0.3) is 6.08 Å². The minimum atomic E-state index is -0.331. The maximum absolute atomic E-state index is 11.8. The highest BCUT2D eigenvalue weighted by atomic mass is 32.2. The molecule has 3 rings (SSSR count). The first kappa shape index (κ1) is 15.9. The van der Waals surface area contributed by atoms with Crippen LogP contribution in [-0.2, 0) is 4.79 Å². The Labute approximate surface area is 140 Å². The van der Waals surface area contributed by atoms with E-state index in [2.05, 4.69) is 10.2 Å². The van der Waals surface area contributed by atoms with Gasteiger partial charge in [-0.15, -0.1) is 0 Å². The fourth-order valence-corrected chi connectivity index (χ4v) is 3.52. The third-order valence-corrected chi connectivity index (χ3v) is 4.55. The van der Waals surface area contributed by atoms with E-state index in [1.54, 1.807) is 6.08 Å². The summed E-state index contributed by atoms with van der Waals surface area (Å²) in [6, 6.07) is 5.84. The van der Waals surface area contributed by atoms with Crippen LogP contribution in [0, 0.1) is 0 Å². The van der Waals surface area contributed by atoms with Crippen LogP contribution in [-0.4, -0.2) is 30.3 Å². The number of ether oxygens (including phenoxy) is 1. The Balaban J connectivity index is 2.03. The SMILES string of the molecule is CC(C)Oc1cccc(/C=C2\SC(=O)NC2=O)c1N1CCCC1. The van der Waals surface area contributed by atoms with Gasteiger partial charge in [0.1, 0.15) is 5.75 Å². The molecule has 2 aliphatic rings. The van der Waals surface area contributed by atoms with Gasteiger partial charge in [-0.3, -0.25) is 14.9 Å². The summed E-state index contributed by atoms with van der Waals surface area (Å²) in [5.74, 6) is 0.494. The maximum Gasteiger partial charge on any atom is 0.290 e. The number of nitrogens with one attached hydrogen (secondary N) is 1. The first-order chi connectivity index (χ1) is 11.0. The van der Waals surface area contributed by atoms with Gasteiger partial charge >= 0.3 is 0 Å². The van der Waals surface area contributed by atoms with Crippen molar-refractivity contribution in [1.82, 2.24) is 5.32 Å². The molecule has 2 heterocycles. The lowest BCUT2D eigenvalue weighted by Gasteiger charge is -2.25. The molecule has 0 aliphatic carbocycles. The van der Waals surface area contributed by atoms with Crippen LogP contribution in [0.1, 0.15) is 32.3 Å². The molecular weight excluding hydrogens is 312 g/mol. The molecular formula is C17H20N2O3S. The molecule has 1 N–H and O–H groups in total. The minimum absolute atomic E-state index is 0.0741. The smallest absolute Gasteiger partial charge is 0.290 e. The normalized spacial score (nSPS) is 19.8. The predicted octanol–water partition coefficient (Wildman–Crippen LogP) is 3.40. The summed E-state index contributed by atoms with van der Waals surface area (Å²) in [5, 5.41) is 1.97. The molecule has 0 saturated carbocycles. The number of para-hydroxylation sites is 1. The molecule has 2 saturated heterocycles. The van der Waals surface area contributed by atoms with Gasteiger partial charge in [0.05, 0.1) is 16.7 Å². The number of imide groups is 1. The second kappa shape index (κ2) is 6.66. The number of benzene rings is 1. The number of thioether (sulfide) groups is 1. The van der Waals surface area contributed by atoms with Gasteiger partial charge in [0.25, 0.3) is 11.1 Å². The van der Waals surface area contributed by atoms with Gasteiger partial charge < -0.3 is 9.64 Å². The van der Waals surface area contributed by atoms with E-state index in [1.807, 2.05) is 32.0 Å². The van der Waals surface area contributed by atoms with Crippen molar-refractivity contribution >= 4 is 34.7 Å². The number of carbonyl (C=O) groups is 2. The average molecular weight is 332 g/mol. The van der Waals surface area contributed by atoms with Crippen molar-refractivity contribution in [2.75, 3.05) is 18.0 Å². The fraction of sp³-hybridized carbons (Fsp3) is 0.412. The van der Waals surface area contributed by atoms with E-state index < -0.39 is 0 Å². The van der Waals surface area contributed by atoms with Crippen molar-refractivity contribution < 1.29 is 14.3 Å². The fourth-order valence-electron chi connectivity index (χ4n) is 2.85. The van der Waals surface area contributed by atoms with Gasteiger partial charge in [0.15, 0.2) is 0 Å². The van der Waals surface area contributed by atoms with Crippen LogP contribution in [0.15, 0.2) is 23.1 Å². The highest BCUT2D eigenvalue weighted by molar-refractivity contribution is 8.18. The van der Waals surface area contributed by atoms with Crippen LogP contribution < -0.4 is 15.0 Å². The van der Waals surface area contributed by atoms with E-state index in [9.17, 15) is 9.59 Å².